The molecule has 1 amide bonds. The van der Waals surface area contributed by atoms with Gasteiger partial charge in [-0.1, -0.05) is 12.1 Å². The number of aliphatic hydroxyl groups excluding tert-OH is 1. The molecular weight excluding hydrogens is 359 g/mol. The van der Waals surface area contributed by atoms with Crippen LogP contribution in [0.4, 0.5) is 13.2 Å². The van der Waals surface area contributed by atoms with Crippen LogP contribution in [0.15, 0.2) is 24.3 Å². The molecule has 3 saturated heterocycles. The highest BCUT2D eigenvalue weighted by Gasteiger charge is 2.56. The van der Waals surface area contributed by atoms with Crippen LogP contribution in [-0.4, -0.2) is 76.1 Å². The summed E-state index contributed by atoms with van der Waals surface area (Å²) in [5.74, 6) is 0.0524. The average molecular weight is 383 g/mol. The highest BCUT2D eigenvalue weighted by atomic mass is 19.4. The van der Waals surface area contributed by atoms with E-state index in [-0.39, 0.29) is 23.6 Å². The fourth-order valence-corrected chi connectivity index (χ4v) is 4.89. The van der Waals surface area contributed by atoms with Gasteiger partial charge in [0, 0.05) is 52.2 Å². The number of halogens is 3. The second kappa shape index (κ2) is 6.46. The molecule has 3 aliphatic rings. The van der Waals surface area contributed by atoms with Crippen LogP contribution in [0.5, 0.6) is 0 Å². The third-order valence-corrected chi connectivity index (χ3v) is 6.09. The summed E-state index contributed by atoms with van der Waals surface area (Å²) in [6.07, 6.45) is -3.99. The summed E-state index contributed by atoms with van der Waals surface area (Å²) in [5.41, 5.74) is 0.0533. The van der Waals surface area contributed by atoms with Gasteiger partial charge in [-0.2, -0.15) is 13.2 Å². The van der Waals surface area contributed by atoms with Crippen molar-refractivity contribution in [2.24, 2.45) is 0 Å². The first kappa shape index (κ1) is 18.7. The summed E-state index contributed by atoms with van der Waals surface area (Å²) >= 11 is 0. The number of alkyl halides is 3. The number of likely N-dealkylation sites (tertiary alicyclic amines) is 1. The summed E-state index contributed by atoms with van der Waals surface area (Å²) < 4.78 is 38.1. The zero-order chi connectivity index (χ0) is 19.4. The van der Waals surface area contributed by atoms with Gasteiger partial charge >= 0.3 is 6.18 Å². The quantitative estimate of drug-likeness (QED) is 0.842. The van der Waals surface area contributed by atoms with E-state index in [9.17, 15) is 23.1 Å². The van der Waals surface area contributed by atoms with Crippen molar-refractivity contribution in [2.75, 3.05) is 32.7 Å². The molecule has 3 aliphatic heterocycles. The van der Waals surface area contributed by atoms with Gasteiger partial charge in [0.15, 0.2) is 0 Å². The molecule has 1 aromatic rings. The molecule has 4 rings (SSSR count). The summed E-state index contributed by atoms with van der Waals surface area (Å²) in [6.45, 7) is 5.60. The Hall–Kier alpha value is -1.64. The number of benzene rings is 1. The lowest BCUT2D eigenvalue weighted by Crippen LogP contribution is -2.78. The molecule has 3 fully saturated rings. The molecule has 27 heavy (non-hydrogen) atoms. The fraction of sp³-hybridized carbons (Fsp3) is 0.632. The molecule has 0 aromatic heterocycles. The molecule has 1 spiro atoms. The van der Waals surface area contributed by atoms with Crippen LogP contribution in [0.2, 0.25) is 0 Å². The van der Waals surface area contributed by atoms with Gasteiger partial charge in [0.1, 0.15) is 0 Å². The topological polar surface area (TPSA) is 47.0 Å². The number of β-amino-alcohol motifs (C(OH)–C–C–N with tert-alkyl or cyclic N) is 1. The first-order chi connectivity index (χ1) is 12.7. The number of rotatable bonds is 2. The van der Waals surface area contributed by atoms with Crippen molar-refractivity contribution in [3.05, 3.63) is 35.4 Å². The Labute approximate surface area is 156 Å². The van der Waals surface area contributed by atoms with Crippen LogP contribution < -0.4 is 0 Å². The molecule has 1 aromatic carbocycles. The van der Waals surface area contributed by atoms with Gasteiger partial charge in [-0.15, -0.1) is 0 Å². The lowest BCUT2D eigenvalue weighted by atomic mass is 9.83. The predicted octanol–water partition coefficient (Wildman–Crippen LogP) is 1.56. The molecule has 1 N–H and O–H groups in total. The summed E-state index contributed by atoms with van der Waals surface area (Å²) in [6, 6.07) is 5.48. The van der Waals surface area contributed by atoms with Gasteiger partial charge in [0.2, 0.25) is 5.91 Å². The maximum absolute atomic E-state index is 12.7. The molecule has 8 heteroatoms. The zero-order valence-electron chi connectivity index (χ0n) is 15.2. The van der Waals surface area contributed by atoms with Gasteiger partial charge in [-0.3, -0.25) is 14.6 Å². The number of hydrogen-bond acceptors (Lipinski definition) is 4. The van der Waals surface area contributed by atoms with E-state index in [1.54, 1.807) is 6.92 Å². The van der Waals surface area contributed by atoms with Gasteiger partial charge in [-0.25, -0.2) is 0 Å². The SMILES string of the molecule is CC(=O)N1C[C@H]2C[C@@H](O)CN2C2(CN(Cc3ccc(C(F)(F)F)cc3)C2)C1. The highest BCUT2D eigenvalue weighted by Crippen LogP contribution is 2.39. The molecule has 0 bridgehead atoms. The minimum Gasteiger partial charge on any atom is -0.392 e. The lowest BCUT2D eigenvalue weighted by Gasteiger charge is -2.61. The maximum atomic E-state index is 12.7. The van der Waals surface area contributed by atoms with Gasteiger partial charge < -0.3 is 10.0 Å². The standard InChI is InChI=1S/C19H24F3N3O2/c1-13(26)24-8-16-6-17(27)9-25(16)18(12-24)10-23(11-18)7-14-2-4-15(5-3-14)19(20,21)22/h2-5,16-17,27H,6-12H2,1H3/t16-,17-/m1/s1. The van der Waals surface area contributed by atoms with E-state index in [4.69, 9.17) is 0 Å². The minimum atomic E-state index is -4.32. The molecule has 148 valence electrons. The number of carbonyl (C=O) groups is 1. The first-order valence-electron chi connectivity index (χ1n) is 9.25. The summed E-state index contributed by atoms with van der Waals surface area (Å²) in [7, 11) is 0. The molecule has 0 radical (unpaired) electrons. The van der Waals surface area contributed by atoms with E-state index in [2.05, 4.69) is 9.80 Å². The van der Waals surface area contributed by atoms with Crippen LogP contribution in [0, 0.1) is 0 Å². The molecular formula is C19H24F3N3O2. The lowest BCUT2D eigenvalue weighted by molar-refractivity contribution is -0.149. The normalized spacial score (nSPS) is 28.3. The van der Waals surface area contributed by atoms with Crippen molar-refractivity contribution in [3.63, 3.8) is 0 Å². The smallest absolute Gasteiger partial charge is 0.392 e. The fourth-order valence-electron chi connectivity index (χ4n) is 4.89. The van der Waals surface area contributed by atoms with E-state index in [1.807, 2.05) is 4.90 Å². The van der Waals surface area contributed by atoms with E-state index in [0.29, 0.717) is 32.6 Å². The molecule has 0 saturated carbocycles. The van der Waals surface area contributed by atoms with Gasteiger partial charge in [0.25, 0.3) is 0 Å². The Kier molecular flexibility index (Phi) is 4.48. The predicted molar refractivity (Wildman–Crippen MR) is 92.8 cm³/mol. The summed E-state index contributed by atoms with van der Waals surface area (Å²) in [4.78, 5) is 18.3. The second-order valence-corrected chi connectivity index (χ2v) is 8.16. The van der Waals surface area contributed by atoms with E-state index in [0.717, 1.165) is 30.8 Å². The van der Waals surface area contributed by atoms with Crippen LogP contribution in [-0.2, 0) is 17.5 Å². The Morgan fingerprint density at radius 3 is 2.44 bits per heavy atom. The largest absolute Gasteiger partial charge is 0.416 e. The molecule has 5 nitrogen and oxygen atoms in total. The third-order valence-electron chi connectivity index (χ3n) is 6.09. The Bertz CT molecular complexity index is 716. The third kappa shape index (κ3) is 3.46. The second-order valence-electron chi connectivity index (χ2n) is 8.16. The van der Waals surface area contributed by atoms with Crippen molar-refractivity contribution in [1.82, 2.24) is 14.7 Å². The number of nitrogens with zero attached hydrogens (tertiary/aromatic N) is 3. The minimum absolute atomic E-state index is 0.0524. The maximum Gasteiger partial charge on any atom is 0.416 e. The van der Waals surface area contributed by atoms with E-state index < -0.39 is 11.7 Å². The number of aliphatic hydroxyl groups is 1. The van der Waals surface area contributed by atoms with Crippen molar-refractivity contribution in [2.45, 2.75) is 43.8 Å². The van der Waals surface area contributed by atoms with Crippen molar-refractivity contribution >= 4 is 5.91 Å². The van der Waals surface area contributed by atoms with E-state index >= 15 is 0 Å². The summed E-state index contributed by atoms with van der Waals surface area (Å²) in [5, 5.41) is 10.1. The van der Waals surface area contributed by atoms with Crippen molar-refractivity contribution in [3.8, 4) is 0 Å². The van der Waals surface area contributed by atoms with Crippen LogP contribution in [0.25, 0.3) is 0 Å². The van der Waals surface area contributed by atoms with Gasteiger partial charge in [0.05, 0.1) is 17.2 Å². The Balaban J connectivity index is 1.43. The number of hydrogen-bond donors (Lipinski definition) is 1. The average Bonchev–Trinajstić information content (AvgIpc) is 2.93. The number of fused-ring (bicyclic) bond motifs is 2. The number of carbonyl (C=O) groups excluding carboxylic acids is 1. The van der Waals surface area contributed by atoms with Crippen LogP contribution >= 0.6 is 0 Å². The molecule has 2 atom stereocenters. The van der Waals surface area contributed by atoms with Crippen molar-refractivity contribution < 1.29 is 23.1 Å². The Morgan fingerprint density at radius 1 is 1.19 bits per heavy atom. The zero-order valence-corrected chi connectivity index (χ0v) is 15.2. The Morgan fingerprint density at radius 2 is 1.85 bits per heavy atom. The number of piperazine rings is 1. The van der Waals surface area contributed by atoms with Crippen molar-refractivity contribution in [1.29, 1.82) is 0 Å². The van der Waals surface area contributed by atoms with Crippen LogP contribution in [0.3, 0.4) is 0 Å². The number of amides is 1. The van der Waals surface area contributed by atoms with E-state index in [1.165, 1.54) is 12.1 Å². The highest BCUT2D eigenvalue weighted by molar-refractivity contribution is 5.73. The van der Waals surface area contributed by atoms with Gasteiger partial charge in [-0.05, 0) is 24.1 Å². The molecule has 0 unspecified atom stereocenters. The van der Waals surface area contributed by atoms with Crippen LogP contribution in [0.1, 0.15) is 24.5 Å². The molecule has 3 heterocycles. The monoisotopic (exact) mass is 383 g/mol. The first-order valence-corrected chi connectivity index (χ1v) is 9.25. The molecule has 0 aliphatic carbocycles.